The smallest absolute Gasteiger partial charge is 0.396 e. The van der Waals surface area contributed by atoms with E-state index in [2.05, 4.69) is 14.8 Å². The number of halogens is 3. The van der Waals surface area contributed by atoms with Crippen LogP contribution in [0.4, 0.5) is 18.9 Å². The number of aliphatic hydroxyl groups is 3. The van der Waals surface area contributed by atoms with Gasteiger partial charge in [-0.15, -0.1) is 8.78 Å². The minimum absolute atomic E-state index is 0. The highest BCUT2D eigenvalue weighted by atomic mass is 19.3. The summed E-state index contributed by atoms with van der Waals surface area (Å²) in [6, 6.07) is 8.77. The maximum atomic E-state index is 15.3. The Morgan fingerprint density at radius 3 is 2.53 bits per heavy atom. The minimum atomic E-state index is -3.77. The molecule has 11 heteroatoms. The summed E-state index contributed by atoms with van der Waals surface area (Å²) in [5.41, 5.74) is 0.0703. The van der Waals surface area contributed by atoms with E-state index >= 15 is 4.39 Å². The SMILES string of the molecule is CC(C)(CCO)c1cc2cc(NC(=O)C3(c4ccc5c(c4)OC(F)(F)O5)CC3)c(F)cc2n1C[C@@H](O)CO.[HH].[HH].[HH].[HH].[HH]. The van der Waals surface area contributed by atoms with Gasteiger partial charge < -0.3 is 34.7 Å². The molecule has 0 saturated heterocycles. The number of nitrogens with zero attached hydrogens (tertiary/aromatic N) is 1. The molecule has 2 aliphatic rings. The van der Waals surface area contributed by atoms with Crippen LogP contribution in [0.15, 0.2) is 36.4 Å². The third-order valence-electron chi connectivity index (χ3n) is 7.41. The molecule has 3 aromatic rings. The normalized spacial score (nSPS) is 18.0. The number of fused-ring (bicyclic) bond motifs is 2. The van der Waals surface area contributed by atoms with Crippen molar-refractivity contribution in [2.24, 2.45) is 0 Å². The number of ether oxygens (including phenoxy) is 2. The first kappa shape index (κ1) is 26.3. The number of hydrogen-bond acceptors (Lipinski definition) is 6. The number of benzene rings is 2. The van der Waals surface area contributed by atoms with Crippen molar-refractivity contribution in [3.8, 4) is 11.5 Å². The minimum Gasteiger partial charge on any atom is -0.396 e. The number of aliphatic hydroxyl groups excluding tert-OH is 3. The number of alkyl halides is 2. The lowest BCUT2D eigenvalue weighted by atomic mass is 9.85. The van der Waals surface area contributed by atoms with Crippen LogP contribution in [-0.4, -0.2) is 51.4 Å². The average Bonchev–Trinajstić information content (AvgIpc) is 3.50. The van der Waals surface area contributed by atoms with Crippen LogP contribution in [0.2, 0.25) is 0 Å². The van der Waals surface area contributed by atoms with Gasteiger partial charge in [-0.25, -0.2) is 4.39 Å². The zero-order chi connectivity index (χ0) is 27.5. The van der Waals surface area contributed by atoms with E-state index in [1.807, 2.05) is 19.9 Å². The molecular weight excluding hydrogens is 505 g/mol. The Morgan fingerprint density at radius 1 is 1.16 bits per heavy atom. The first-order valence-electron chi connectivity index (χ1n) is 12.3. The molecule has 0 unspecified atom stereocenters. The van der Waals surface area contributed by atoms with Crippen LogP contribution in [0.3, 0.4) is 0 Å². The molecule has 1 aliphatic heterocycles. The predicted octanol–water partition coefficient (Wildman–Crippen LogP) is 5.02. The van der Waals surface area contributed by atoms with Crippen molar-refractivity contribution in [3.63, 3.8) is 0 Å². The first-order chi connectivity index (χ1) is 17.9. The lowest BCUT2D eigenvalue weighted by Crippen LogP contribution is -2.28. The fourth-order valence-electron chi connectivity index (χ4n) is 5.07. The summed E-state index contributed by atoms with van der Waals surface area (Å²) in [5.74, 6) is -1.46. The number of nitrogens with one attached hydrogen (secondary N) is 1. The summed E-state index contributed by atoms with van der Waals surface area (Å²) in [6.07, 6.45) is -3.53. The van der Waals surface area contributed by atoms with Crippen molar-refractivity contribution in [2.75, 3.05) is 18.5 Å². The molecule has 1 fully saturated rings. The van der Waals surface area contributed by atoms with E-state index in [-0.39, 0.29) is 37.5 Å². The van der Waals surface area contributed by atoms with E-state index in [4.69, 9.17) is 0 Å². The second kappa shape index (κ2) is 9.18. The van der Waals surface area contributed by atoms with E-state index < -0.39 is 41.6 Å². The molecule has 1 aliphatic carbocycles. The van der Waals surface area contributed by atoms with Gasteiger partial charge in [-0.2, -0.15) is 0 Å². The van der Waals surface area contributed by atoms with Crippen LogP contribution in [0.1, 0.15) is 51.5 Å². The summed E-state index contributed by atoms with van der Waals surface area (Å²) in [4.78, 5) is 13.3. The van der Waals surface area contributed by atoms with Gasteiger partial charge in [0.2, 0.25) is 5.91 Å². The molecule has 1 saturated carbocycles. The van der Waals surface area contributed by atoms with Crippen molar-refractivity contribution in [2.45, 2.75) is 62.9 Å². The molecule has 2 heterocycles. The highest BCUT2D eigenvalue weighted by Gasteiger charge is 2.53. The molecule has 8 nitrogen and oxygen atoms in total. The quantitative estimate of drug-likeness (QED) is 0.301. The van der Waals surface area contributed by atoms with E-state index in [9.17, 15) is 28.9 Å². The van der Waals surface area contributed by atoms with Crippen LogP contribution < -0.4 is 14.8 Å². The summed E-state index contributed by atoms with van der Waals surface area (Å²) < 4.78 is 52.8. The number of anilines is 1. The molecular formula is C27H39F3N2O6. The zero-order valence-electron chi connectivity index (χ0n) is 20.9. The number of carbonyl (C=O) groups is 1. The first-order valence-corrected chi connectivity index (χ1v) is 12.3. The van der Waals surface area contributed by atoms with Crippen molar-refractivity contribution in [1.29, 1.82) is 0 Å². The number of hydrogen-bond donors (Lipinski definition) is 4. The Morgan fingerprint density at radius 2 is 1.87 bits per heavy atom. The van der Waals surface area contributed by atoms with Gasteiger partial charge in [0, 0.05) is 36.3 Å². The Labute approximate surface area is 224 Å². The topological polar surface area (TPSA) is 113 Å². The Kier molecular flexibility index (Phi) is 6.36. The summed E-state index contributed by atoms with van der Waals surface area (Å²) in [7, 11) is 0. The van der Waals surface area contributed by atoms with Gasteiger partial charge in [-0.05, 0) is 49.1 Å². The number of amides is 1. The number of carbonyl (C=O) groups excluding carboxylic acids is 1. The molecule has 38 heavy (non-hydrogen) atoms. The van der Waals surface area contributed by atoms with Gasteiger partial charge in [0.1, 0.15) is 5.82 Å². The van der Waals surface area contributed by atoms with E-state index in [1.165, 1.54) is 30.3 Å². The van der Waals surface area contributed by atoms with Crippen molar-refractivity contribution < 1.29 is 49.9 Å². The molecule has 0 bridgehead atoms. The maximum absolute atomic E-state index is 15.3. The van der Waals surface area contributed by atoms with Crippen molar-refractivity contribution in [1.82, 2.24) is 4.57 Å². The maximum Gasteiger partial charge on any atom is 0.586 e. The molecule has 4 N–H and O–H groups in total. The van der Waals surface area contributed by atoms with Crippen LogP contribution in [0.5, 0.6) is 11.5 Å². The van der Waals surface area contributed by atoms with Crippen molar-refractivity contribution >= 4 is 22.5 Å². The lowest BCUT2D eigenvalue weighted by Gasteiger charge is -2.27. The van der Waals surface area contributed by atoms with Gasteiger partial charge in [0.15, 0.2) is 11.5 Å². The van der Waals surface area contributed by atoms with E-state index in [1.54, 1.807) is 4.57 Å². The molecule has 0 spiro atoms. The van der Waals surface area contributed by atoms with Gasteiger partial charge in [-0.3, -0.25) is 4.79 Å². The summed E-state index contributed by atoms with van der Waals surface area (Å²) in [5, 5.41) is 32.3. The molecule has 214 valence electrons. The zero-order valence-corrected chi connectivity index (χ0v) is 20.9. The van der Waals surface area contributed by atoms with Crippen LogP contribution in [0.25, 0.3) is 10.9 Å². The largest absolute Gasteiger partial charge is 0.586 e. The number of aromatic nitrogens is 1. The monoisotopic (exact) mass is 544 g/mol. The van der Waals surface area contributed by atoms with Crippen LogP contribution >= 0.6 is 0 Å². The number of rotatable bonds is 9. The van der Waals surface area contributed by atoms with Crippen molar-refractivity contribution in [3.05, 3.63) is 53.5 Å². The Bertz CT molecular complexity index is 1420. The highest BCUT2D eigenvalue weighted by Crippen LogP contribution is 2.52. The van der Waals surface area contributed by atoms with Gasteiger partial charge in [0.05, 0.1) is 35.9 Å². The average molecular weight is 545 g/mol. The van der Waals surface area contributed by atoms with Crippen LogP contribution in [-0.2, 0) is 22.2 Å². The third kappa shape index (κ3) is 4.59. The molecule has 5 rings (SSSR count). The summed E-state index contributed by atoms with van der Waals surface area (Å²) in [6.45, 7) is 3.29. The second-order valence-corrected chi connectivity index (χ2v) is 10.6. The molecule has 1 amide bonds. The fraction of sp³-hybridized carbons (Fsp3) is 0.444. The molecule has 1 atom stereocenters. The molecule has 1 aromatic heterocycles. The van der Waals surface area contributed by atoms with Gasteiger partial charge in [-0.1, -0.05) is 19.9 Å². The Hall–Kier alpha value is -3.28. The fourth-order valence-corrected chi connectivity index (χ4v) is 5.07. The predicted molar refractivity (Wildman–Crippen MR) is 142 cm³/mol. The van der Waals surface area contributed by atoms with E-state index in [0.717, 1.165) is 5.69 Å². The molecule has 2 aromatic carbocycles. The lowest BCUT2D eigenvalue weighted by molar-refractivity contribution is -0.286. The third-order valence-corrected chi connectivity index (χ3v) is 7.41. The van der Waals surface area contributed by atoms with Gasteiger partial charge in [0.25, 0.3) is 0 Å². The van der Waals surface area contributed by atoms with E-state index in [0.29, 0.717) is 35.7 Å². The standard InChI is InChI=1S/C27H29F3N2O6.5H2/c1-25(2,7-8-33)23-10-15-9-19(18(28)12-20(15)32(23)13-17(35)14-34)31-24(36)26(5-6-26)16-3-4-21-22(11-16)38-27(29,30)37-21;;;;;/h3-4,9-12,17,33-35H,5-8,13-14H2,1-2H3,(H,31,36);5*1H/t17-;;;;;/m1...../s1. The highest BCUT2D eigenvalue weighted by molar-refractivity contribution is 6.02. The Balaban J connectivity index is 0.00000353. The summed E-state index contributed by atoms with van der Waals surface area (Å²) >= 11 is 0. The van der Waals surface area contributed by atoms with Crippen LogP contribution in [0, 0.1) is 5.82 Å². The van der Waals surface area contributed by atoms with Gasteiger partial charge >= 0.3 is 6.29 Å². The molecule has 0 radical (unpaired) electrons. The second-order valence-electron chi connectivity index (χ2n) is 10.6.